The molecular formula is C24H29N3O4. The minimum atomic E-state index is -0.159. The number of nitrogens with one attached hydrogen (secondary N) is 1. The van der Waals surface area contributed by atoms with Gasteiger partial charge in [-0.2, -0.15) is 0 Å². The largest absolute Gasteiger partial charge is 0.493 e. The summed E-state index contributed by atoms with van der Waals surface area (Å²) in [5.41, 5.74) is 2.60. The highest BCUT2D eigenvalue weighted by molar-refractivity contribution is 5.89. The van der Waals surface area contributed by atoms with Crippen LogP contribution in [-0.2, 0) is 16.1 Å². The SMILES string of the molecule is COc1ccc([C@@H]2CC(=O)N(Cc3ccncc3NC(C)=O)C2)cc1OC1CCCC1. The van der Waals surface area contributed by atoms with Gasteiger partial charge in [0.2, 0.25) is 11.8 Å². The van der Waals surface area contributed by atoms with E-state index >= 15 is 0 Å². The molecule has 0 unspecified atom stereocenters. The molecule has 2 amide bonds. The summed E-state index contributed by atoms with van der Waals surface area (Å²) in [6.07, 6.45) is 8.54. The minimum Gasteiger partial charge on any atom is -0.493 e. The number of nitrogens with zero attached hydrogens (tertiary/aromatic N) is 2. The summed E-state index contributed by atoms with van der Waals surface area (Å²) in [6.45, 7) is 2.52. The molecule has 1 saturated carbocycles. The number of amides is 2. The van der Waals surface area contributed by atoms with Gasteiger partial charge in [-0.1, -0.05) is 6.07 Å². The highest BCUT2D eigenvalue weighted by Crippen LogP contribution is 2.37. The van der Waals surface area contributed by atoms with Crippen molar-refractivity contribution in [1.29, 1.82) is 0 Å². The molecule has 1 aliphatic carbocycles. The fraction of sp³-hybridized carbons (Fsp3) is 0.458. The fourth-order valence-electron chi connectivity index (χ4n) is 4.44. The van der Waals surface area contributed by atoms with Crippen molar-refractivity contribution in [3.05, 3.63) is 47.8 Å². The molecule has 0 radical (unpaired) electrons. The van der Waals surface area contributed by atoms with E-state index in [1.54, 1.807) is 19.5 Å². The summed E-state index contributed by atoms with van der Waals surface area (Å²) >= 11 is 0. The number of benzene rings is 1. The Morgan fingerprint density at radius 1 is 1.23 bits per heavy atom. The molecule has 164 valence electrons. The number of rotatable bonds is 7. The molecule has 7 heteroatoms. The van der Waals surface area contributed by atoms with Crippen LogP contribution in [0.2, 0.25) is 0 Å². The number of anilines is 1. The lowest BCUT2D eigenvalue weighted by Gasteiger charge is -2.20. The molecule has 1 N–H and O–H groups in total. The summed E-state index contributed by atoms with van der Waals surface area (Å²) in [5.74, 6) is 1.53. The van der Waals surface area contributed by atoms with Gasteiger partial charge in [0.1, 0.15) is 0 Å². The highest BCUT2D eigenvalue weighted by Gasteiger charge is 2.32. The monoisotopic (exact) mass is 423 g/mol. The van der Waals surface area contributed by atoms with Gasteiger partial charge in [-0.3, -0.25) is 14.6 Å². The number of ether oxygens (including phenoxy) is 2. The average Bonchev–Trinajstić information content (AvgIpc) is 3.39. The molecule has 4 rings (SSSR count). The van der Waals surface area contributed by atoms with Crippen molar-refractivity contribution in [3.63, 3.8) is 0 Å². The maximum Gasteiger partial charge on any atom is 0.223 e. The van der Waals surface area contributed by atoms with E-state index in [9.17, 15) is 9.59 Å². The predicted molar refractivity (Wildman–Crippen MR) is 117 cm³/mol. The van der Waals surface area contributed by atoms with Crippen LogP contribution in [0.4, 0.5) is 5.69 Å². The number of likely N-dealkylation sites (tertiary alicyclic amines) is 1. The second-order valence-electron chi connectivity index (χ2n) is 8.32. The molecule has 0 bridgehead atoms. The highest BCUT2D eigenvalue weighted by atomic mass is 16.5. The first kappa shape index (κ1) is 21.2. The van der Waals surface area contributed by atoms with Crippen LogP contribution in [-0.4, -0.2) is 41.5 Å². The topological polar surface area (TPSA) is 80.8 Å². The van der Waals surface area contributed by atoms with E-state index in [2.05, 4.69) is 10.3 Å². The first-order valence-corrected chi connectivity index (χ1v) is 10.9. The predicted octanol–water partition coefficient (Wildman–Crippen LogP) is 3.89. The molecule has 2 heterocycles. The molecule has 0 spiro atoms. The lowest BCUT2D eigenvalue weighted by Crippen LogP contribution is -2.25. The van der Waals surface area contributed by atoms with E-state index in [1.165, 1.54) is 19.8 Å². The molecule has 2 aliphatic rings. The number of aromatic nitrogens is 1. The number of hydrogen-bond donors (Lipinski definition) is 1. The number of carbonyl (C=O) groups is 2. The zero-order valence-corrected chi connectivity index (χ0v) is 18.1. The molecule has 1 saturated heterocycles. The van der Waals surface area contributed by atoms with E-state index in [1.807, 2.05) is 29.2 Å². The molecule has 31 heavy (non-hydrogen) atoms. The van der Waals surface area contributed by atoms with Gasteiger partial charge in [0.25, 0.3) is 0 Å². The van der Waals surface area contributed by atoms with E-state index < -0.39 is 0 Å². The van der Waals surface area contributed by atoms with Crippen LogP contribution in [0.1, 0.15) is 56.1 Å². The lowest BCUT2D eigenvalue weighted by molar-refractivity contribution is -0.128. The van der Waals surface area contributed by atoms with Crippen LogP contribution < -0.4 is 14.8 Å². The maximum atomic E-state index is 12.7. The second-order valence-corrected chi connectivity index (χ2v) is 8.32. The van der Waals surface area contributed by atoms with E-state index in [4.69, 9.17) is 9.47 Å². The van der Waals surface area contributed by atoms with Crippen LogP contribution in [0.25, 0.3) is 0 Å². The van der Waals surface area contributed by atoms with Crippen molar-refractivity contribution >= 4 is 17.5 Å². The zero-order valence-electron chi connectivity index (χ0n) is 18.1. The van der Waals surface area contributed by atoms with Crippen molar-refractivity contribution in [2.24, 2.45) is 0 Å². The first-order chi connectivity index (χ1) is 15.0. The van der Waals surface area contributed by atoms with Gasteiger partial charge in [-0.15, -0.1) is 0 Å². The van der Waals surface area contributed by atoms with Gasteiger partial charge >= 0.3 is 0 Å². The summed E-state index contributed by atoms with van der Waals surface area (Å²) < 4.78 is 11.7. The third-order valence-electron chi connectivity index (χ3n) is 6.05. The third kappa shape index (κ3) is 4.98. The molecule has 1 aromatic carbocycles. The van der Waals surface area contributed by atoms with Gasteiger partial charge in [0, 0.05) is 38.5 Å². The normalized spacial score (nSPS) is 19.0. The van der Waals surface area contributed by atoms with Crippen molar-refractivity contribution in [2.75, 3.05) is 19.0 Å². The molecule has 7 nitrogen and oxygen atoms in total. The molecule has 1 aromatic heterocycles. The summed E-state index contributed by atoms with van der Waals surface area (Å²) in [6, 6.07) is 7.84. The number of pyridine rings is 1. The Hall–Kier alpha value is -3.09. The summed E-state index contributed by atoms with van der Waals surface area (Å²) in [4.78, 5) is 30.1. The molecule has 1 aliphatic heterocycles. The van der Waals surface area contributed by atoms with Gasteiger partial charge < -0.3 is 19.7 Å². The van der Waals surface area contributed by atoms with Crippen LogP contribution >= 0.6 is 0 Å². The van der Waals surface area contributed by atoms with Gasteiger partial charge in [-0.05, 0) is 55.0 Å². The van der Waals surface area contributed by atoms with Gasteiger partial charge in [-0.25, -0.2) is 0 Å². The molecule has 1 atom stereocenters. The third-order valence-corrected chi connectivity index (χ3v) is 6.05. The molecule has 2 fully saturated rings. The Balaban J connectivity index is 1.48. The summed E-state index contributed by atoms with van der Waals surface area (Å²) in [5, 5.41) is 2.79. The number of hydrogen-bond acceptors (Lipinski definition) is 5. The van der Waals surface area contributed by atoms with E-state index in [-0.39, 0.29) is 23.8 Å². The zero-order chi connectivity index (χ0) is 21.8. The number of carbonyl (C=O) groups excluding carboxylic acids is 2. The Morgan fingerprint density at radius 2 is 2.03 bits per heavy atom. The Kier molecular flexibility index (Phi) is 6.39. The minimum absolute atomic E-state index is 0.0930. The number of methoxy groups -OCH3 is 1. The van der Waals surface area contributed by atoms with Crippen molar-refractivity contribution in [2.45, 2.75) is 57.6 Å². The molecular weight excluding hydrogens is 394 g/mol. The van der Waals surface area contributed by atoms with Crippen molar-refractivity contribution < 1.29 is 19.1 Å². The van der Waals surface area contributed by atoms with Gasteiger partial charge in [0.05, 0.1) is 25.1 Å². The Bertz CT molecular complexity index is 956. The van der Waals surface area contributed by atoms with Crippen LogP contribution in [0.3, 0.4) is 0 Å². The van der Waals surface area contributed by atoms with Gasteiger partial charge in [0.15, 0.2) is 11.5 Å². The van der Waals surface area contributed by atoms with E-state index in [0.29, 0.717) is 25.2 Å². The van der Waals surface area contributed by atoms with Crippen LogP contribution in [0.15, 0.2) is 36.7 Å². The summed E-state index contributed by atoms with van der Waals surface area (Å²) in [7, 11) is 1.65. The standard InChI is InChI=1S/C24H29N3O4/c1-16(28)26-21-13-25-10-9-18(21)14-27-15-19(12-24(27)29)17-7-8-22(30-2)23(11-17)31-20-5-3-4-6-20/h7-11,13,19-20H,3-6,12,14-15H2,1-2H3,(H,26,28)/t19-/m1/s1. The second kappa shape index (κ2) is 9.37. The first-order valence-electron chi connectivity index (χ1n) is 10.9. The molecule has 2 aromatic rings. The average molecular weight is 424 g/mol. The Labute approximate surface area is 182 Å². The van der Waals surface area contributed by atoms with E-state index in [0.717, 1.165) is 35.5 Å². The van der Waals surface area contributed by atoms with Crippen LogP contribution in [0.5, 0.6) is 11.5 Å². The quantitative estimate of drug-likeness (QED) is 0.731. The maximum absolute atomic E-state index is 12.7. The fourth-order valence-corrected chi connectivity index (χ4v) is 4.44. The van der Waals surface area contributed by atoms with Crippen molar-refractivity contribution in [3.8, 4) is 11.5 Å². The lowest BCUT2D eigenvalue weighted by atomic mass is 9.98. The van der Waals surface area contributed by atoms with Crippen molar-refractivity contribution in [1.82, 2.24) is 9.88 Å². The smallest absolute Gasteiger partial charge is 0.223 e. The van der Waals surface area contributed by atoms with Crippen LogP contribution in [0, 0.1) is 0 Å². The Morgan fingerprint density at radius 3 is 2.77 bits per heavy atom.